The van der Waals surface area contributed by atoms with Crippen LogP contribution < -0.4 is 4.74 Å². The van der Waals surface area contributed by atoms with Crippen LogP contribution in [0.5, 0.6) is 11.6 Å². The van der Waals surface area contributed by atoms with Crippen LogP contribution in [0.25, 0.3) is 0 Å². The highest BCUT2D eigenvalue weighted by Crippen LogP contribution is 2.29. The average Bonchev–Trinajstić information content (AvgIpc) is 2.63. The van der Waals surface area contributed by atoms with Gasteiger partial charge in [-0.1, -0.05) is 32.9 Å². The third-order valence-electron chi connectivity index (χ3n) is 3.38. The fraction of sp³-hybridized carbons (Fsp3) is 0.438. The number of aliphatic hydroxyl groups excluding tert-OH is 1. The third kappa shape index (κ3) is 2.85. The van der Waals surface area contributed by atoms with Crippen LogP contribution in [0.2, 0.25) is 0 Å². The predicted octanol–water partition coefficient (Wildman–Crippen LogP) is 3.31. The maximum absolute atomic E-state index is 9.41. The lowest BCUT2D eigenvalue weighted by molar-refractivity contribution is 0.274. The fourth-order valence-electron chi connectivity index (χ4n) is 2.13. The summed E-state index contributed by atoms with van der Waals surface area (Å²) in [5.74, 6) is 1.34. The molecule has 1 aromatic carbocycles. The van der Waals surface area contributed by atoms with Crippen molar-refractivity contribution in [1.82, 2.24) is 9.78 Å². The number of hydrogen-bond donors (Lipinski definition) is 1. The van der Waals surface area contributed by atoms with Crippen molar-refractivity contribution in [2.75, 3.05) is 0 Å². The fourth-order valence-corrected chi connectivity index (χ4v) is 2.13. The van der Waals surface area contributed by atoms with Crippen LogP contribution in [0.15, 0.2) is 24.3 Å². The molecule has 1 heterocycles. The molecular weight excluding hydrogens is 252 g/mol. The van der Waals surface area contributed by atoms with Crippen LogP contribution in [0.3, 0.4) is 0 Å². The predicted molar refractivity (Wildman–Crippen MR) is 79.1 cm³/mol. The molecular formula is C16H22N2O2. The summed E-state index contributed by atoms with van der Waals surface area (Å²) in [6.45, 7) is 8.32. The van der Waals surface area contributed by atoms with Gasteiger partial charge in [-0.25, -0.2) is 4.68 Å². The van der Waals surface area contributed by atoms with Crippen molar-refractivity contribution in [2.24, 2.45) is 7.05 Å². The molecule has 0 amide bonds. The Morgan fingerprint density at radius 3 is 2.30 bits per heavy atom. The Hall–Kier alpha value is -1.81. The first-order chi connectivity index (χ1) is 9.32. The van der Waals surface area contributed by atoms with Gasteiger partial charge in [0, 0.05) is 7.05 Å². The molecule has 20 heavy (non-hydrogen) atoms. The van der Waals surface area contributed by atoms with Crippen molar-refractivity contribution in [3.8, 4) is 11.6 Å². The van der Waals surface area contributed by atoms with E-state index in [1.54, 1.807) is 4.68 Å². The van der Waals surface area contributed by atoms with Gasteiger partial charge in [-0.3, -0.25) is 0 Å². The summed E-state index contributed by atoms with van der Waals surface area (Å²) in [6, 6.07) is 8.03. The summed E-state index contributed by atoms with van der Waals surface area (Å²) in [5.41, 5.74) is 2.90. The SMILES string of the molecule is Cc1nn(C)c(Oc2ccc(C(C)(C)C)cc2)c1CO. The smallest absolute Gasteiger partial charge is 0.223 e. The van der Waals surface area contributed by atoms with Gasteiger partial charge in [0.2, 0.25) is 5.88 Å². The van der Waals surface area contributed by atoms with Crippen LogP contribution in [-0.4, -0.2) is 14.9 Å². The Balaban J connectivity index is 2.27. The Morgan fingerprint density at radius 2 is 1.80 bits per heavy atom. The van der Waals surface area contributed by atoms with Gasteiger partial charge in [0.15, 0.2) is 0 Å². The molecule has 0 bridgehead atoms. The zero-order chi connectivity index (χ0) is 14.9. The number of aryl methyl sites for hydroxylation is 2. The summed E-state index contributed by atoms with van der Waals surface area (Å²) in [5, 5.41) is 13.7. The number of hydrogen-bond acceptors (Lipinski definition) is 3. The van der Waals surface area contributed by atoms with Crippen LogP contribution in [0.1, 0.15) is 37.6 Å². The molecule has 0 spiro atoms. The summed E-state index contributed by atoms with van der Waals surface area (Å²) in [7, 11) is 1.81. The highest BCUT2D eigenvalue weighted by Gasteiger charge is 2.16. The van der Waals surface area contributed by atoms with E-state index < -0.39 is 0 Å². The molecule has 0 saturated carbocycles. The third-order valence-corrected chi connectivity index (χ3v) is 3.38. The maximum Gasteiger partial charge on any atom is 0.223 e. The number of nitrogens with zero attached hydrogens (tertiary/aromatic N) is 2. The van der Waals surface area contributed by atoms with Gasteiger partial charge < -0.3 is 9.84 Å². The lowest BCUT2D eigenvalue weighted by Gasteiger charge is -2.19. The zero-order valence-corrected chi connectivity index (χ0v) is 12.8. The molecule has 108 valence electrons. The zero-order valence-electron chi connectivity index (χ0n) is 12.8. The average molecular weight is 274 g/mol. The molecule has 0 aliphatic carbocycles. The van der Waals surface area contributed by atoms with Crippen molar-refractivity contribution in [1.29, 1.82) is 0 Å². The van der Waals surface area contributed by atoms with Gasteiger partial charge in [-0.15, -0.1) is 0 Å². The molecule has 4 heteroatoms. The number of rotatable bonds is 3. The lowest BCUT2D eigenvalue weighted by atomic mass is 9.87. The topological polar surface area (TPSA) is 47.3 Å². The van der Waals surface area contributed by atoms with Gasteiger partial charge in [0.25, 0.3) is 0 Å². The molecule has 2 aromatic rings. The van der Waals surface area contributed by atoms with Crippen LogP contribution >= 0.6 is 0 Å². The van der Waals surface area contributed by atoms with E-state index >= 15 is 0 Å². The van der Waals surface area contributed by atoms with Gasteiger partial charge in [0.05, 0.1) is 17.9 Å². The van der Waals surface area contributed by atoms with E-state index in [0.29, 0.717) is 5.88 Å². The molecule has 0 fully saturated rings. The summed E-state index contributed by atoms with van der Waals surface area (Å²) >= 11 is 0. The van der Waals surface area contributed by atoms with E-state index in [4.69, 9.17) is 4.74 Å². The maximum atomic E-state index is 9.41. The number of ether oxygens (including phenoxy) is 1. The van der Waals surface area contributed by atoms with Crippen molar-refractivity contribution in [3.63, 3.8) is 0 Å². The van der Waals surface area contributed by atoms with E-state index in [1.807, 2.05) is 26.1 Å². The first-order valence-corrected chi connectivity index (χ1v) is 6.74. The number of aromatic nitrogens is 2. The first kappa shape index (κ1) is 14.6. The van der Waals surface area contributed by atoms with Crippen molar-refractivity contribution < 1.29 is 9.84 Å². The molecule has 0 atom stereocenters. The second-order valence-electron chi connectivity index (χ2n) is 6.03. The normalized spacial score (nSPS) is 11.7. The Labute approximate surface area is 120 Å². The van der Waals surface area contributed by atoms with E-state index in [-0.39, 0.29) is 12.0 Å². The Kier molecular flexibility index (Phi) is 3.86. The quantitative estimate of drug-likeness (QED) is 0.934. The molecule has 4 nitrogen and oxygen atoms in total. The molecule has 0 unspecified atom stereocenters. The minimum absolute atomic E-state index is 0.0743. The van der Waals surface area contributed by atoms with Crippen LogP contribution in [0.4, 0.5) is 0 Å². The summed E-state index contributed by atoms with van der Waals surface area (Å²) in [6.07, 6.45) is 0. The molecule has 1 aromatic heterocycles. The van der Waals surface area contributed by atoms with Crippen LogP contribution in [-0.2, 0) is 19.1 Å². The molecule has 2 rings (SSSR count). The molecule has 0 aliphatic rings. The Bertz CT molecular complexity index is 592. The van der Waals surface area contributed by atoms with E-state index in [1.165, 1.54) is 5.56 Å². The van der Waals surface area contributed by atoms with Gasteiger partial charge >= 0.3 is 0 Å². The minimum Gasteiger partial charge on any atom is -0.439 e. The summed E-state index contributed by atoms with van der Waals surface area (Å²) in [4.78, 5) is 0. The van der Waals surface area contributed by atoms with E-state index in [0.717, 1.165) is 17.0 Å². The first-order valence-electron chi connectivity index (χ1n) is 6.74. The van der Waals surface area contributed by atoms with Crippen molar-refractivity contribution in [3.05, 3.63) is 41.1 Å². The van der Waals surface area contributed by atoms with E-state index in [2.05, 4.69) is 38.0 Å². The Morgan fingerprint density at radius 1 is 1.20 bits per heavy atom. The van der Waals surface area contributed by atoms with Crippen molar-refractivity contribution in [2.45, 2.75) is 39.7 Å². The van der Waals surface area contributed by atoms with Gasteiger partial charge in [-0.05, 0) is 30.0 Å². The summed E-state index contributed by atoms with van der Waals surface area (Å²) < 4.78 is 7.51. The molecule has 0 aliphatic heterocycles. The minimum atomic E-state index is -0.0743. The monoisotopic (exact) mass is 274 g/mol. The number of aliphatic hydroxyl groups is 1. The highest BCUT2D eigenvalue weighted by molar-refractivity contribution is 5.37. The highest BCUT2D eigenvalue weighted by atomic mass is 16.5. The largest absolute Gasteiger partial charge is 0.439 e. The second kappa shape index (κ2) is 5.29. The standard InChI is InChI=1S/C16H22N2O2/c1-11-14(10-19)15(18(5)17-11)20-13-8-6-12(7-9-13)16(2,3)4/h6-9,19H,10H2,1-5H3. The van der Waals surface area contributed by atoms with Gasteiger partial charge in [-0.2, -0.15) is 5.10 Å². The molecule has 1 N–H and O–H groups in total. The van der Waals surface area contributed by atoms with Gasteiger partial charge in [0.1, 0.15) is 5.75 Å². The molecule has 0 saturated heterocycles. The van der Waals surface area contributed by atoms with E-state index in [9.17, 15) is 5.11 Å². The number of benzene rings is 1. The lowest BCUT2D eigenvalue weighted by Crippen LogP contribution is -2.10. The van der Waals surface area contributed by atoms with Crippen LogP contribution in [0, 0.1) is 6.92 Å². The van der Waals surface area contributed by atoms with Crippen molar-refractivity contribution >= 4 is 0 Å². The molecule has 0 radical (unpaired) electrons. The second-order valence-corrected chi connectivity index (χ2v) is 6.03.